The molecule has 1 aliphatic rings. The Morgan fingerprint density at radius 1 is 1.05 bits per heavy atom. The lowest BCUT2D eigenvalue weighted by atomic mass is 9.84. The zero-order chi connectivity index (χ0) is 15.0. The minimum absolute atomic E-state index is 0.273. The molecule has 0 N–H and O–H groups in total. The number of carbonyl (C=O) groups is 2. The molecule has 0 unspecified atom stereocenters. The third kappa shape index (κ3) is 1.91. The van der Waals surface area contributed by atoms with Gasteiger partial charge in [0.05, 0.1) is 0 Å². The molecule has 0 saturated heterocycles. The van der Waals surface area contributed by atoms with Gasteiger partial charge in [-0.25, -0.2) is 0 Å². The third-order valence-electron chi connectivity index (χ3n) is 3.90. The Morgan fingerprint density at radius 2 is 1.67 bits per heavy atom. The number of ether oxygens (including phenoxy) is 1. The molecule has 2 aromatic carbocycles. The number of carbonyl (C=O) groups excluding carboxylic acids is 2. The molecule has 2 aromatic rings. The molecule has 106 valence electrons. The van der Waals surface area contributed by atoms with Crippen molar-refractivity contribution in [2.75, 3.05) is 11.9 Å². The van der Waals surface area contributed by atoms with Crippen LogP contribution in [0, 0.1) is 0 Å². The van der Waals surface area contributed by atoms with Crippen LogP contribution in [0.3, 0.4) is 0 Å². The molecule has 4 heteroatoms. The first kappa shape index (κ1) is 13.4. The van der Waals surface area contributed by atoms with E-state index in [-0.39, 0.29) is 5.91 Å². The Hall–Kier alpha value is -2.62. The summed E-state index contributed by atoms with van der Waals surface area (Å²) >= 11 is 0. The summed E-state index contributed by atoms with van der Waals surface area (Å²) in [4.78, 5) is 26.6. The van der Waals surface area contributed by atoms with Crippen molar-refractivity contribution in [1.82, 2.24) is 0 Å². The van der Waals surface area contributed by atoms with Gasteiger partial charge < -0.3 is 9.64 Å². The van der Waals surface area contributed by atoms with Crippen LogP contribution in [0.5, 0.6) is 5.75 Å². The lowest BCUT2D eigenvalue weighted by Gasteiger charge is -2.21. The summed E-state index contributed by atoms with van der Waals surface area (Å²) in [7, 11) is 1.67. The van der Waals surface area contributed by atoms with Gasteiger partial charge in [0.1, 0.15) is 5.75 Å². The maximum absolute atomic E-state index is 12.6. The average Bonchev–Trinajstić information content (AvgIpc) is 2.72. The standard InChI is InChI=1S/C17H15NO3/c1-17(16(20)21-12-8-4-3-5-9-12)13-10-6-7-11-14(13)18(2)15(17)19/h3-11H,1-2H3/t17-/m0/s1. The van der Waals surface area contributed by atoms with Crippen LogP contribution < -0.4 is 9.64 Å². The van der Waals surface area contributed by atoms with Crippen molar-refractivity contribution in [3.05, 3.63) is 60.2 Å². The number of benzene rings is 2. The molecule has 0 fully saturated rings. The summed E-state index contributed by atoms with van der Waals surface area (Å²) < 4.78 is 5.39. The van der Waals surface area contributed by atoms with Gasteiger partial charge in [-0.05, 0) is 25.1 Å². The molecule has 1 heterocycles. The smallest absolute Gasteiger partial charge is 0.331 e. The predicted octanol–water partition coefficient (Wildman–Crippen LogP) is 2.53. The molecule has 0 spiro atoms. The van der Waals surface area contributed by atoms with Crippen molar-refractivity contribution in [2.24, 2.45) is 0 Å². The van der Waals surface area contributed by atoms with Crippen LogP contribution in [0.1, 0.15) is 12.5 Å². The van der Waals surface area contributed by atoms with Gasteiger partial charge >= 0.3 is 5.97 Å². The second-order valence-corrected chi connectivity index (χ2v) is 5.21. The fourth-order valence-electron chi connectivity index (χ4n) is 2.64. The number of hydrogen-bond donors (Lipinski definition) is 0. The average molecular weight is 281 g/mol. The van der Waals surface area contributed by atoms with Crippen molar-refractivity contribution >= 4 is 17.6 Å². The van der Waals surface area contributed by atoms with Gasteiger partial charge in [-0.2, -0.15) is 0 Å². The third-order valence-corrected chi connectivity index (χ3v) is 3.90. The maximum Gasteiger partial charge on any atom is 0.331 e. The number of likely N-dealkylation sites (N-methyl/N-ethyl adjacent to an activating group) is 1. The highest BCUT2D eigenvalue weighted by molar-refractivity contribution is 6.20. The molecule has 0 aromatic heterocycles. The summed E-state index contributed by atoms with van der Waals surface area (Å²) in [6, 6.07) is 16.1. The van der Waals surface area contributed by atoms with E-state index in [9.17, 15) is 9.59 Å². The fraction of sp³-hybridized carbons (Fsp3) is 0.176. The summed E-state index contributed by atoms with van der Waals surface area (Å²) in [5.74, 6) is -0.399. The largest absolute Gasteiger partial charge is 0.425 e. The van der Waals surface area contributed by atoms with Gasteiger partial charge in [0, 0.05) is 18.3 Å². The summed E-state index contributed by atoms with van der Waals surface area (Å²) in [5, 5.41) is 0. The quantitative estimate of drug-likeness (QED) is 0.483. The van der Waals surface area contributed by atoms with Crippen LogP contribution in [0.15, 0.2) is 54.6 Å². The molecule has 4 nitrogen and oxygen atoms in total. The molecule has 0 radical (unpaired) electrons. The van der Waals surface area contributed by atoms with Gasteiger partial charge in [0.2, 0.25) is 5.91 Å². The first-order chi connectivity index (χ1) is 10.0. The van der Waals surface area contributed by atoms with Gasteiger partial charge in [0.25, 0.3) is 0 Å². The van der Waals surface area contributed by atoms with Crippen LogP contribution in [0.25, 0.3) is 0 Å². The van der Waals surface area contributed by atoms with E-state index in [0.717, 1.165) is 5.69 Å². The topological polar surface area (TPSA) is 46.6 Å². The number of hydrogen-bond acceptors (Lipinski definition) is 3. The lowest BCUT2D eigenvalue weighted by molar-refractivity contribution is -0.145. The van der Waals surface area contributed by atoms with Gasteiger partial charge in [-0.1, -0.05) is 36.4 Å². The highest BCUT2D eigenvalue weighted by Crippen LogP contribution is 2.41. The number of rotatable bonds is 2. The van der Waals surface area contributed by atoms with Gasteiger partial charge in [-0.15, -0.1) is 0 Å². The number of anilines is 1. The van der Waals surface area contributed by atoms with Gasteiger partial charge in [0.15, 0.2) is 5.41 Å². The predicted molar refractivity (Wildman–Crippen MR) is 79.3 cm³/mol. The minimum atomic E-state index is -1.30. The van der Waals surface area contributed by atoms with Crippen LogP contribution in [0.4, 0.5) is 5.69 Å². The SMILES string of the molecule is CN1C(=O)[C@@](C)(C(=O)Oc2ccccc2)c2ccccc21. The van der Waals surface area contributed by atoms with E-state index in [1.807, 2.05) is 24.3 Å². The Labute approximate surface area is 123 Å². The van der Waals surface area contributed by atoms with Crippen LogP contribution >= 0.6 is 0 Å². The Balaban J connectivity index is 2.00. The molecule has 0 aliphatic carbocycles. The molecular formula is C17H15NO3. The van der Waals surface area contributed by atoms with E-state index in [4.69, 9.17) is 4.74 Å². The molecular weight excluding hydrogens is 266 g/mol. The summed E-state index contributed by atoms with van der Waals surface area (Å²) in [6.45, 7) is 1.61. The maximum atomic E-state index is 12.6. The van der Waals surface area contributed by atoms with Gasteiger partial charge in [-0.3, -0.25) is 9.59 Å². The van der Waals surface area contributed by atoms with E-state index in [1.54, 1.807) is 44.3 Å². The Bertz CT molecular complexity index is 711. The summed E-state index contributed by atoms with van der Waals surface area (Å²) in [5.41, 5.74) is 0.120. The first-order valence-electron chi connectivity index (χ1n) is 6.70. The highest BCUT2D eigenvalue weighted by Gasteiger charge is 2.53. The summed E-state index contributed by atoms with van der Waals surface area (Å²) in [6.07, 6.45) is 0. The highest BCUT2D eigenvalue weighted by atomic mass is 16.5. The van der Waals surface area contributed by atoms with E-state index >= 15 is 0 Å². The second-order valence-electron chi connectivity index (χ2n) is 5.21. The van der Waals surface area contributed by atoms with Crippen LogP contribution in [0.2, 0.25) is 0 Å². The molecule has 1 amide bonds. The molecule has 1 atom stereocenters. The number of amides is 1. The molecule has 0 saturated carbocycles. The number of nitrogens with zero attached hydrogens (tertiary/aromatic N) is 1. The van der Waals surface area contributed by atoms with E-state index < -0.39 is 11.4 Å². The Morgan fingerprint density at radius 3 is 2.38 bits per heavy atom. The lowest BCUT2D eigenvalue weighted by Crippen LogP contribution is -2.45. The normalized spacial score (nSPS) is 20.3. The van der Waals surface area contributed by atoms with E-state index in [1.165, 1.54) is 4.90 Å². The van der Waals surface area contributed by atoms with Crippen molar-refractivity contribution in [1.29, 1.82) is 0 Å². The fourth-order valence-corrected chi connectivity index (χ4v) is 2.64. The first-order valence-corrected chi connectivity index (χ1v) is 6.70. The number of para-hydroxylation sites is 2. The molecule has 3 rings (SSSR count). The number of fused-ring (bicyclic) bond motifs is 1. The zero-order valence-electron chi connectivity index (χ0n) is 11.9. The van der Waals surface area contributed by atoms with Crippen molar-refractivity contribution in [3.8, 4) is 5.75 Å². The van der Waals surface area contributed by atoms with Crippen molar-refractivity contribution in [3.63, 3.8) is 0 Å². The molecule has 0 bridgehead atoms. The molecule has 21 heavy (non-hydrogen) atoms. The van der Waals surface area contributed by atoms with Crippen molar-refractivity contribution in [2.45, 2.75) is 12.3 Å². The van der Waals surface area contributed by atoms with E-state index in [2.05, 4.69) is 0 Å². The van der Waals surface area contributed by atoms with E-state index in [0.29, 0.717) is 11.3 Å². The monoisotopic (exact) mass is 281 g/mol. The Kier molecular flexibility index (Phi) is 3.01. The van der Waals surface area contributed by atoms with Crippen LogP contribution in [-0.4, -0.2) is 18.9 Å². The van der Waals surface area contributed by atoms with Crippen molar-refractivity contribution < 1.29 is 14.3 Å². The van der Waals surface area contributed by atoms with Crippen LogP contribution in [-0.2, 0) is 15.0 Å². The molecule has 1 aliphatic heterocycles. The zero-order valence-corrected chi connectivity index (χ0v) is 11.9. The number of esters is 1. The minimum Gasteiger partial charge on any atom is -0.425 e. The second kappa shape index (κ2) is 4.74.